The fraction of sp³-hybridized carbons (Fsp3) is 0. The lowest BCUT2D eigenvalue weighted by molar-refractivity contribution is 0.0926. The molecule has 4 rings (SSSR count). The Hall–Kier alpha value is -3.60. The van der Waals surface area contributed by atoms with Gasteiger partial charge in [-0.2, -0.15) is 0 Å². The summed E-state index contributed by atoms with van der Waals surface area (Å²) in [6.07, 6.45) is 0. The standard InChI is InChI=1S/C21H14N2O3/c1-22-14-6-10-16(11-7-14)26-17-12-8-15(9-13-17)23-20(24)18-4-2-3-5-19(18)21(23)25/h1-13,22H. The number of imide groups is 1. The Balaban J connectivity index is 1.55. The first-order chi connectivity index (χ1) is 12.7. The highest BCUT2D eigenvalue weighted by Crippen LogP contribution is 2.30. The number of nitrogens with one attached hydrogen (secondary N) is 1. The van der Waals surface area contributed by atoms with Crippen molar-refractivity contribution in [3.05, 3.63) is 91.0 Å². The maximum Gasteiger partial charge on any atom is 0.266 e. The lowest BCUT2D eigenvalue weighted by atomic mass is 10.1. The van der Waals surface area contributed by atoms with E-state index in [1.807, 2.05) is 0 Å². The lowest BCUT2D eigenvalue weighted by Crippen LogP contribution is -2.29. The van der Waals surface area contributed by atoms with Gasteiger partial charge in [0.05, 0.1) is 23.9 Å². The second-order valence-corrected chi connectivity index (χ2v) is 5.76. The van der Waals surface area contributed by atoms with E-state index in [4.69, 9.17) is 11.8 Å². The number of ether oxygens (including phenoxy) is 1. The lowest BCUT2D eigenvalue weighted by Gasteiger charge is -2.14. The minimum absolute atomic E-state index is 0.316. The van der Waals surface area contributed by atoms with Crippen LogP contribution in [-0.4, -0.2) is 11.8 Å². The third kappa shape index (κ3) is 2.69. The van der Waals surface area contributed by atoms with Gasteiger partial charge in [-0.15, -0.1) is 0 Å². The fourth-order valence-electron chi connectivity index (χ4n) is 2.84. The summed E-state index contributed by atoms with van der Waals surface area (Å²) in [5.41, 5.74) is 2.13. The number of fused-ring (bicyclic) bond motifs is 1. The van der Waals surface area contributed by atoms with Gasteiger partial charge in [0, 0.05) is 5.69 Å². The molecule has 0 bridgehead atoms. The number of nitrogens with zero attached hydrogens (tertiary/aromatic N) is 1. The molecule has 3 aromatic rings. The summed E-state index contributed by atoms with van der Waals surface area (Å²) < 4.78 is 5.75. The monoisotopic (exact) mass is 342 g/mol. The van der Waals surface area contributed by atoms with Crippen molar-refractivity contribution in [2.75, 3.05) is 10.2 Å². The van der Waals surface area contributed by atoms with Crippen LogP contribution in [0.3, 0.4) is 0 Å². The summed E-state index contributed by atoms with van der Waals surface area (Å²) in [4.78, 5) is 26.2. The van der Waals surface area contributed by atoms with Crippen molar-refractivity contribution in [1.29, 1.82) is 0 Å². The number of hydrogen-bond acceptors (Lipinski definition) is 4. The van der Waals surface area contributed by atoms with E-state index in [-0.39, 0.29) is 11.8 Å². The zero-order valence-corrected chi connectivity index (χ0v) is 13.7. The molecule has 0 aromatic heterocycles. The molecule has 5 nitrogen and oxygen atoms in total. The predicted molar refractivity (Wildman–Crippen MR) is 98.5 cm³/mol. The molecule has 0 aliphatic carbocycles. The summed E-state index contributed by atoms with van der Waals surface area (Å²) in [5.74, 6) is 0.615. The van der Waals surface area contributed by atoms with Crippen molar-refractivity contribution in [3.8, 4) is 11.5 Å². The molecule has 0 atom stereocenters. The molecule has 3 aromatic carbocycles. The smallest absolute Gasteiger partial charge is 0.266 e. The summed E-state index contributed by atoms with van der Waals surface area (Å²) in [6.45, 7) is 0. The molecule has 1 N–H and O–H groups in total. The van der Waals surface area contributed by atoms with Gasteiger partial charge in [0.2, 0.25) is 0 Å². The molecule has 1 aliphatic rings. The van der Waals surface area contributed by atoms with E-state index in [9.17, 15) is 9.59 Å². The number of rotatable bonds is 4. The van der Waals surface area contributed by atoms with E-state index in [0.717, 1.165) is 5.69 Å². The zero-order valence-electron chi connectivity index (χ0n) is 13.7. The molecule has 0 saturated heterocycles. The van der Waals surface area contributed by atoms with Gasteiger partial charge < -0.3 is 10.1 Å². The van der Waals surface area contributed by atoms with E-state index in [1.54, 1.807) is 72.8 Å². The van der Waals surface area contributed by atoms with Crippen LogP contribution in [0, 0.1) is 7.05 Å². The number of carbonyl (C=O) groups excluding carboxylic acids is 2. The van der Waals surface area contributed by atoms with Crippen molar-refractivity contribution in [2.24, 2.45) is 0 Å². The van der Waals surface area contributed by atoms with E-state index < -0.39 is 0 Å². The molecule has 1 heterocycles. The van der Waals surface area contributed by atoms with Gasteiger partial charge in [0.1, 0.15) is 11.5 Å². The third-order valence-corrected chi connectivity index (χ3v) is 4.15. The van der Waals surface area contributed by atoms with Crippen LogP contribution in [0.15, 0.2) is 72.8 Å². The Morgan fingerprint density at radius 3 is 1.73 bits per heavy atom. The Bertz CT molecular complexity index is 944. The highest BCUT2D eigenvalue weighted by atomic mass is 16.5. The molecule has 0 fully saturated rings. The van der Waals surface area contributed by atoms with Crippen LogP contribution in [0.2, 0.25) is 0 Å². The van der Waals surface area contributed by atoms with E-state index >= 15 is 0 Å². The molecular formula is C21H14N2O3. The first kappa shape index (κ1) is 15.9. The zero-order chi connectivity index (χ0) is 18.1. The van der Waals surface area contributed by atoms with Crippen molar-refractivity contribution in [2.45, 2.75) is 0 Å². The van der Waals surface area contributed by atoms with Crippen LogP contribution in [-0.2, 0) is 0 Å². The quantitative estimate of drug-likeness (QED) is 0.565. The molecule has 0 unspecified atom stereocenters. The van der Waals surface area contributed by atoms with Crippen LogP contribution < -0.4 is 15.0 Å². The van der Waals surface area contributed by atoms with E-state index in [2.05, 4.69) is 5.32 Å². The third-order valence-electron chi connectivity index (χ3n) is 4.15. The molecular weight excluding hydrogens is 328 g/mol. The van der Waals surface area contributed by atoms with Crippen LogP contribution in [0.1, 0.15) is 20.7 Å². The average molecular weight is 342 g/mol. The molecule has 0 saturated carbocycles. The Morgan fingerprint density at radius 1 is 0.731 bits per heavy atom. The molecule has 1 aliphatic heterocycles. The van der Waals surface area contributed by atoms with Crippen LogP contribution in [0.25, 0.3) is 0 Å². The van der Waals surface area contributed by atoms with Gasteiger partial charge in [-0.25, -0.2) is 4.90 Å². The van der Waals surface area contributed by atoms with Crippen molar-refractivity contribution < 1.29 is 14.3 Å². The summed E-state index contributed by atoms with van der Waals surface area (Å²) >= 11 is 0. The number of hydrogen-bond donors (Lipinski definition) is 1. The van der Waals surface area contributed by atoms with Gasteiger partial charge in [-0.1, -0.05) is 12.1 Å². The summed E-state index contributed by atoms with van der Waals surface area (Å²) in [5, 5.41) is 2.55. The van der Waals surface area contributed by atoms with Gasteiger partial charge in [0.25, 0.3) is 11.8 Å². The van der Waals surface area contributed by atoms with Gasteiger partial charge in [0.15, 0.2) is 0 Å². The highest BCUT2D eigenvalue weighted by molar-refractivity contribution is 6.34. The topological polar surface area (TPSA) is 58.6 Å². The SMILES string of the molecule is [CH]Nc1ccc(Oc2ccc(N3C(=O)c4ccccc4C3=O)cc2)cc1. The number of amides is 2. The maximum atomic E-state index is 12.5. The summed E-state index contributed by atoms with van der Waals surface area (Å²) in [6, 6.07) is 20.8. The fourth-order valence-corrected chi connectivity index (χ4v) is 2.84. The molecule has 2 amide bonds. The molecule has 0 spiro atoms. The van der Waals surface area contributed by atoms with Gasteiger partial charge >= 0.3 is 0 Å². The van der Waals surface area contributed by atoms with Crippen LogP contribution in [0.5, 0.6) is 11.5 Å². The predicted octanol–water partition coefficient (Wildman–Crippen LogP) is 4.36. The summed E-state index contributed by atoms with van der Waals surface area (Å²) in [7, 11) is 5.33. The first-order valence-corrected chi connectivity index (χ1v) is 8.00. The number of carbonyl (C=O) groups is 2. The van der Waals surface area contributed by atoms with Crippen LogP contribution >= 0.6 is 0 Å². The first-order valence-electron chi connectivity index (χ1n) is 8.00. The average Bonchev–Trinajstić information content (AvgIpc) is 2.94. The molecule has 26 heavy (non-hydrogen) atoms. The highest BCUT2D eigenvalue weighted by Gasteiger charge is 2.36. The molecule has 126 valence electrons. The minimum Gasteiger partial charge on any atom is -0.457 e. The second-order valence-electron chi connectivity index (χ2n) is 5.76. The van der Waals surface area contributed by atoms with E-state index in [0.29, 0.717) is 28.3 Å². The van der Waals surface area contributed by atoms with Crippen molar-refractivity contribution in [3.63, 3.8) is 0 Å². The maximum absolute atomic E-state index is 12.5. The largest absolute Gasteiger partial charge is 0.457 e. The van der Waals surface area contributed by atoms with E-state index in [1.165, 1.54) is 4.90 Å². The Kier molecular flexibility index (Phi) is 3.89. The molecule has 2 radical (unpaired) electrons. The molecule has 5 heteroatoms. The van der Waals surface area contributed by atoms with Crippen molar-refractivity contribution >= 4 is 23.2 Å². The number of benzene rings is 3. The van der Waals surface area contributed by atoms with Crippen LogP contribution in [0.4, 0.5) is 11.4 Å². The minimum atomic E-state index is -0.316. The number of anilines is 2. The second kappa shape index (κ2) is 6.37. The van der Waals surface area contributed by atoms with Gasteiger partial charge in [-0.05, 0) is 60.7 Å². The normalized spacial score (nSPS) is 12.9. The van der Waals surface area contributed by atoms with Gasteiger partial charge in [-0.3, -0.25) is 9.59 Å². The van der Waals surface area contributed by atoms with Crippen molar-refractivity contribution in [1.82, 2.24) is 0 Å². The Morgan fingerprint density at radius 2 is 1.23 bits per heavy atom. The Labute approximate surface area is 150 Å².